The van der Waals surface area contributed by atoms with Gasteiger partial charge in [-0.15, -0.1) is 22.7 Å². The third-order valence-electron chi connectivity index (χ3n) is 4.60. The largest absolute Gasteiger partial charge is 0.295 e. The van der Waals surface area contributed by atoms with Gasteiger partial charge >= 0.3 is 0 Å². The molecule has 134 valence electrons. The Bertz CT molecular complexity index is 1030. The van der Waals surface area contributed by atoms with Crippen LogP contribution in [-0.4, -0.2) is 25.1 Å². The van der Waals surface area contributed by atoms with E-state index in [-0.39, 0.29) is 16.7 Å². The molecular formula is C19H17NO3S3. The predicted molar refractivity (Wildman–Crippen MR) is 105 cm³/mol. The second kappa shape index (κ2) is 6.74. The third kappa shape index (κ3) is 2.95. The van der Waals surface area contributed by atoms with Gasteiger partial charge in [-0.05, 0) is 53.9 Å². The maximum Gasteiger partial charge on any atom is 0.243 e. The molecule has 26 heavy (non-hydrogen) atoms. The number of fused-ring (bicyclic) bond motifs is 1. The van der Waals surface area contributed by atoms with Crippen molar-refractivity contribution in [1.29, 1.82) is 0 Å². The van der Waals surface area contributed by atoms with Gasteiger partial charge in [0.25, 0.3) is 0 Å². The van der Waals surface area contributed by atoms with Crippen LogP contribution in [0, 0.1) is 0 Å². The lowest BCUT2D eigenvalue weighted by atomic mass is 10.0. The molecule has 0 fully saturated rings. The number of carbonyl (C=O) groups excluding carboxylic acids is 1. The van der Waals surface area contributed by atoms with E-state index in [1.54, 1.807) is 39.1 Å². The lowest BCUT2D eigenvalue weighted by Gasteiger charge is -2.34. The molecule has 3 aromatic rings. The molecule has 0 N–H and O–H groups in total. The fraction of sp³-hybridized carbons (Fsp3) is 0.211. The molecular weight excluding hydrogens is 386 g/mol. The van der Waals surface area contributed by atoms with Crippen molar-refractivity contribution in [2.75, 3.05) is 6.54 Å². The van der Waals surface area contributed by atoms with Crippen LogP contribution in [0.15, 0.2) is 58.1 Å². The van der Waals surface area contributed by atoms with E-state index in [1.807, 2.05) is 29.0 Å². The van der Waals surface area contributed by atoms with Crippen LogP contribution < -0.4 is 0 Å². The number of nitrogens with zero attached hydrogens (tertiary/aromatic N) is 1. The number of rotatable bonds is 4. The van der Waals surface area contributed by atoms with Gasteiger partial charge in [-0.25, -0.2) is 8.42 Å². The number of ketones is 1. The van der Waals surface area contributed by atoms with Crippen molar-refractivity contribution in [3.63, 3.8) is 0 Å². The van der Waals surface area contributed by atoms with Gasteiger partial charge in [0.2, 0.25) is 10.0 Å². The molecule has 0 aliphatic carbocycles. The van der Waals surface area contributed by atoms with Crippen molar-refractivity contribution in [2.45, 2.75) is 24.3 Å². The van der Waals surface area contributed by atoms with E-state index in [1.165, 1.54) is 23.9 Å². The summed E-state index contributed by atoms with van der Waals surface area (Å²) < 4.78 is 28.3. The van der Waals surface area contributed by atoms with Gasteiger partial charge < -0.3 is 0 Å². The van der Waals surface area contributed by atoms with Crippen molar-refractivity contribution in [1.82, 2.24) is 4.31 Å². The Balaban J connectivity index is 1.78. The number of Topliss-reactive ketones (excluding diaryl/α,β-unsaturated/α-hetero) is 1. The number of thiophene rings is 2. The first-order chi connectivity index (χ1) is 12.5. The summed E-state index contributed by atoms with van der Waals surface area (Å²) in [6.45, 7) is 1.92. The first kappa shape index (κ1) is 17.6. The molecule has 0 bridgehead atoms. The first-order valence-electron chi connectivity index (χ1n) is 8.21. The zero-order valence-corrected chi connectivity index (χ0v) is 16.5. The average molecular weight is 404 g/mol. The van der Waals surface area contributed by atoms with Crippen LogP contribution >= 0.6 is 22.7 Å². The fourth-order valence-corrected chi connectivity index (χ4v) is 6.70. The molecule has 1 atom stereocenters. The van der Waals surface area contributed by atoms with Gasteiger partial charge in [0, 0.05) is 21.9 Å². The Labute approximate surface area is 160 Å². The minimum Gasteiger partial charge on any atom is -0.295 e. The lowest BCUT2D eigenvalue weighted by molar-refractivity contribution is 0.101. The summed E-state index contributed by atoms with van der Waals surface area (Å²) in [5.41, 5.74) is 1.59. The Morgan fingerprint density at radius 2 is 1.85 bits per heavy atom. The Hall–Kier alpha value is -1.80. The summed E-state index contributed by atoms with van der Waals surface area (Å²) >= 11 is 3.26. The van der Waals surface area contributed by atoms with Crippen LogP contribution in [0.4, 0.5) is 0 Å². The molecule has 2 aromatic heterocycles. The molecule has 1 aromatic carbocycles. The highest BCUT2D eigenvalue weighted by atomic mass is 32.2. The third-order valence-corrected chi connectivity index (χ3v) is 8.40. The number of hydrogen-bond acceptors (Lipinski definition) is 5. The smallest absolute Gasteiger partial charge is 0.243 e. The topological polar surface area (TPSA) is 54.5 Å². The van der Waals surface area contributed by atoms with Gasteiger partial charge in [-0.3, -0.25) is 4.79 Å². The Morgan fingerprint density at radius 3 is 2.50 bits per heavy atom. The Morgan fingerprint density at radius 1 is 1.08 bits per heavy atom. The van der Waals surface area contributed by atoms with Crippen molar-refractivity contribution in [2.24, 2.45) is 0 Å². The fourth-order valence-electron chi connectivity index (χ4n) is 3.29. The molecule has 0 amide bonds. The lowest BCUT2D eigenvalue weighted by Crippen LogP contribution is -2.39. The molecule has 0 saturated carbocycles. The average Bonchev–Trinajstić information content (AvgIpc) is 3.32. The van der Waals surface area contributed by atoms with Crippen molar-refractivity contribution in [3.8, 4) is 0 Å². The van der Waals surface area contributed by atoms with E-state index in [0.717, 1.165) is 16.9 Å². The van der Waals surface area contributed by atoms with Crippen LogP contribution in [0.2, 0.25) is 0 Å². The second-order valence-corrected chi connectivity index (χ2v) is 10.0. The molecule has 3 heterocycles. The van der Waals surface area contributed by atoms with Gasteiger partial charge in [-0.1, -0.05) is 18.2 Å². The van der Waals surface area contributed by atoms with E-state index in [4.69, 9.17) is 0 Å². The maximum absolute atomic E-state index is 13.4. The highest BCUT2D eigenvalue weighted by molar-refractivity contribution is 7.89. The van der Waals surface area contributed by atoms with Gasteiger partial charge in [0.05, 0.1) is 10.9 Å². The summed E-state index contributed by atoms with van der Waals surface area (Å²) in [4.78, 5) is 14.0. The molecule has 4 nitrogen and oxygen atoms in total. The molecule has 0 unspecified atom stereocenters. The normalized spacial score (nSPS) is 17.8. The summed E-state index contributed by atoms with van der Waals surface area (Å²) in [6.07, 6.45) is 0.722. The number of carbonyl (C=O) groups is 1. The van der Waals surface area contributed by atoms with E-state index < -0.39 is 10.0 Å². The zero-order chi connectivity index (χ0) is 18.3. The SMILES string of the molecule is CC(=O)c1ccc(S(=O)(=O)N2CCc3sccc3[C@@H]2c2cccs2)cc1. The van der Waals surface area contributed by atoms with E-state index in [2.05, 4.69) is 0 Å². The Kier molecular flexibility index (Phi) is 4.56. The standard InChI is InChI=1S/C19H17NO3S3/c1-13(21)14-4-6-15(7-5-14)26(22,23)20-10-8-17-16(9-12-25-17)19(20)18-3-2-11-24-18/h2-7,9,11-12,19H,8,10H2,1H3/t19-/m1/s1. The number of sulfonamides is 1. The molecule has 0 spiro atoms. The predicted octanol–water partition coefficient (Wildman–Crippen LogP) is 4.35. The van der Waals surface area contributed by atoms with Gasteiger partial charge in [0.1, 0.15) is 0 Å². The van der Waals surface area contributed by atoms with Crippen molar-refractivity contribution >= 4 is 38.5 Å². The molecule has 4 rings (SSSR count). The highest BCUT2D eigenvalue weighted by Crippen LogP contribution is 2.42. The molecule has 0 saturated heterocycles. The van der Waals surface area contributed by atoms with Gasteiger partial charge in [-0.2, -0.15) is 4.31 Å². The van der Waals surface area contributed by atoms with Gasteiger partial charge in [0.15, 0.2) is 5.78 Å². The van der Waals surface area contributed by atoms with E-state index in [9.17, 15) is 13.2 Å². The minimum absolute atomic E-state index is 0.0775. The van der Waals surface area contributed by atoms with Crippen molar-refractivity contribution in [3.05, 3.63) is 74.1 Å². The molecule has 1 aliphatic heterocycles. The first-order valence-corrected chi connectivity index (χ1v) is 11.4. The van der Waals surface area contributed by atoms with Crippen LogP contribution in [0.25, 0.3) is 0 Å². The minimum atomic E-state index is -3.67. The number of benzene rings is 1. The van der Waals surface area contributed by atoms with E-state index in [0.29, 0.717) is 12.1 Å². The highest BCUT2D eigenvalue weighted by Gasteiger charge is 2.38. The molecule has 0 radical (unpaired) electrons. The zero-order valence-electron chi connectivity index (χ0n) is 14.1. The van der Waals surface area contributed by atoms with Crippen LogP contribution in [0.3, 0.4) is 0 Å². The summed E-state index contributed by atoms with van der Waals surface area (Å²) in [5, 5.41) is 4.01. The summed E-state index contributed by atoms with van der Waals surface area (Å²) in [7, 11) is -3.67. The number of hydrogen-bond donors (Lipinski definition) is 0. The monoisotopic (exact) mass is 403 g/mol. The van der Waals surface area contributed by atoms with Crippen LogP contribution in [0.5, 0.6) is 0 Å². The van der Waals surface area contributed by atoms with Crippen LogP contribution in [-0.2, 0) is 16.4 Å². The summed E-state index contributed by atoms with van der Waals surface area (Å²) in [5.74, 6) is -0.0775. The summed E-state index contributed by atoms with van der Waals surface area (Å²) in [6, 6.07) is 11.9. The molecule has 1 aliphatic rings. The van der Waals surface area contributed by atoms with Crippen molar-refractivity contribution < 1.29 is 13.2 Å². The van der Waals surface area contributed by atoms with E-state index >= 15 is 0 Å². The second-order valence-electron chi connectivity index (χ2n) is 6.16. The quantitative estimate of drug-likeness (QED) is 0.609. The molecule has 7 heteroatoms. The maximum atomic E-state index is 13.4. The van der Waals surface area contributed by atoms with Crippen LogP contribution in [0.1, 0.15) is 38.6 Å².